The molecule has 1 aliphatic carbocycles. The molecular formula is C31H47ClN2. The third-order valence-electron chi connectivity index (χ3n) is 7.78. The standard InChI is InChI=1S/C31H47ClN2/c1-6-9-20-33(21-10-7-2)31(27-11-13-28(32)14-12-27)17-15-29(16-18-31)34(19-8-3)30-23-25(4)22-26(5)24-30/h11-14,22-24,29H,6-10,15-21H2,1-5H3. The minimum absolute atomic E-state index is 0.131. The number of unbranched alkanes of at least 4 members (excludes halogenated alkanes) is 2. The zero-order chi connectivity index (χ0) is 24.6. The third-order valence-corrected chi connectivity index (χ3v) is 8.03. The first-order chi connectivity index (χ1) is 16.4. The van der Waals surface area contributed by atoms with Gasteiger partial charge in [0.2, 0.25) is 0 Å². The molecule has 3 heteroatoms. The van der Waals surface area contributed by atoms with Gasteiger partial charge in [0.15, 0.2) is 0 Å². The molecule has 188 valence electrons. The molecule has 0 unspecified atom stereocenters. The van der Waals surface area contributed by atoms with E-state index in [1.807, 2.05) is 0 Å². The maximum atomic E-state index is 6.32. The van der Waals surface area contributed by atoms with Crippen LogP contribution in [0.25, 0.3) is 0 Å². The second kappa shape index (κ2) is 13.0. The fourth-order valence-corrected chi connectivity index (χ4v) is 6.18. The Kier molecular flexibility index (Phi) is 10.3. The summed E-state index contributed by atoms with van der Waals surface area (Å²) in [4.78, 5) is 5.56. The van der Waals surface area contributed by atoms with Gasteiger partial charge in [0.1, 0.15) is 0 Å². The molecule has 0 spiro atoms. The Morgan fingerprint density at radius 3 is 1.85 bits per heavy atom. The van der Waals surface area contributed by atoms with Crippen molar-refractivity contribution in [2.75, 3.05) is 24.5 Å². The summed E-state index contributed by atoms with van der Waals surface area (Å²) in [6.07, 6.45) is 11.1. The molecule has 0 atom stereocenters. The van der Waals surface area contributed by atoms with Crippen LogP contribution in [0.5, 0.6) is 0 Å². The van der Waals surface area contributed by atoms with Crippen LogP contribution in [-0.4, -0.2) is 30.6 Å². The lowest BCUT2D eigenvalue weighted by atomic mass is 9.73. The highest BCUT2D eigenvalue weighted by molar-refractivity contribution is 6.30. The van der Waals surface area contributed by atoms with Gasteiger partial charge in [-0.05, 0) is 113 Å². The summed E-state index contributed by atoms with van der Waals surface area (Å²) in [5, 5.41) is 0.838. The molecule has 0 saturated heterocycles. The second-order valence-electron chi connectivity index (χ2n) is 10.5. The Morgan fingerprint density at radius 2 is 1.35 bits per heavy atom. The fraction of sp³-hybridized carbons (Fsp3) is 0.613. The number of nitrogens with zero attached hydrogens (tertiary/aromatic N) is 2. The van der Waals surface area contributed by atoms with Gasteiger partial charge in [-0.2, -0.15) is 0 Å². The molecule has 0 heterocycles. The minimum Gasteiger partial charge on any atom is -0.369 e. The van der Waals surface area contributed by atoms with E-state index in [1.165, 1.54) is 93.3 Å². The molecule has 0 amide bonds. The Morgan fingerprint density at radius 1 is 0.794 bits per heavy atom. The lowest BCUT2D eigenvalue weighted by molar-refractivity contribution is 0.0383. The third kappa shape index (κ3) is 6.58. The van der Waals surface area contributed by atoms with Crippen molar-refractivity contribution in [1.82, 2.24) is 4.90 Å². The van der Waals surface area contributed by atoms with Crippen LogP contribution in [0.3, 0.4) is 0 Å². The molecule has 2 aromatic rings. The summed E-state index contributed by atoms with van der Waals surface area (Å²) in [5.74, 6) is 0. The van der Waals surface area contributed by atoms with Crippen molar-refractivity contribution in [3.05, 3.63) is 64.2 Å². The van der Waals surface area contributed by atoms with Gasteiger partial charge in [-0.15, -0.1) is 0 Å². The van der Waals surface area contributed by atoms with E-state index < -0.39 is 0 Å². The highest BCUT2D eigenvalue weighted by atomic mass is 35.5. The predicted molar refractivity (Wildman–Crippen MR) is 150 cm³/mol. The van der Waals surface area contributed by atoms with Crippen molar-refractivity contribution in [3.8, 4) is 0 Å². The average molecular weight is 483 g/mol. The smallest absolute Gasteiger partial charge is 0.0462 e. The molecule has 3 rings (SSSR count). The lowest BCUT2D eigenvalue weighted by Gasteiger charge is -2.51. The van der Waals surface area contributed by atoms with Crippen molar-refractivity contribution in [2.24, 2.45) is 0 Å². The SMILES string of the molecule is CCCCN(CCCC)C1(c2ccc(Cl)cc2)CCC(N(CCC)c2cc(C)cc(C)c2)CC1. The summed E-state index contributed by atoms with van der Waals surface area (Å²) in [6.45, 7) is 14.9. The Balaban J connectivity index is 1.90. The Bertz CT molecular complexity index is 839. The maximum absolute atomic E-state index is 6.32. The Hall–Kier alpha value is -1.51. The molecule has 2 nitrogen and oxygen atoms in total. The quantitative estimate of drug-likeness (QED) is 0.298. The van der Waals surface area contributed by atoms with Crippen LogP contribution in [0, 0.1) is 13.8 Å². The largest absolute Gasteiger partial charge is 0.369 e. The van der Waals surface area contributed by atoms with E-state index in [4.69, 9.17) is 11.6 Å². The van der Waals surface area contributed by atoms with Gasteiger partial charge in [-0.1, -0.05) is 63.4 Å². The van der Waals surface area contributed by atoms with Gasteiger partial charge < -0.3 is 4.90 Å². The summed E-state index contributed by atoms with van der Waals surface area (Å²) < 4.78 is 0. The molecular weight excluding hydrogens is 436 g/mol. The van der Waals surface area contributed by atoms with Crippen LogP contribution < -0.4 is 4.90 Å². The van der Waals surface area contributed by atoms with Gasteiger partial charge in [0.25, 0.3) is 0 Å². The van der Waals surface area contributed by atoms with Crippen LogP contribution >= 0.6 is 11.6 Å². The van der Waals surface area contributed by atoms with Crippen LogP contribution in [0.15, 0.2) is 42.5 Å². The first kappa shape index (κ1) is 27.1. The molecule has 2 aromatic carbocycles. The van der Waals surface area contributed by atoms with Gasteiger partial charge in [-0.25, -0.2) is 0 Å². The van der Waals surface area contributed by atoms with Gasteiger partial charge in [-0.3, -0.25) is 4.90 Å². The first-order valence-corrected chi connectivity index (χ1v) is 14.2. The van der Waals surface area contributed by atoms with Gasteiger partial charge in [0, 0.05) is 28.8 Å². The number of hydrogen-bond acceptors (Lipinski definition) is 2. The number of hydrogen-bond donors (Lipinski definition) is 0. The molecule has 34 heavy (non-hydrogen) atoms. The van der Waals surface area contributed by atoms with Crippen LogP contribution in [0.1, 0.15) is 95.2 Å². The zero-order valence-corrected chi connectivity index (χ0v) is 23.1. The molecule has 0 aromatic heterocycles. The van der Waals surface area contributed by atoms with Crippen molar-refractivity contribution < 1.29 is 0 Å². The van der Waals surface area contributed by atoms with Gasteiger partial charge in [0.05, 0.1) is 0 Å². The molecule has 0 aliphatic heterocycles. The number of aryl methyl sites for hydroxylation is 2. The zero-order valence-electron chi connectivity index (χ0n) is 22.4. The van der Waals surface area contributed by atoms with Crippen LogP contribution in [0.2, 0.25) is 5.02 Å². The monoisotopic (exact) mass is 482 g/mol. The van der Waals surface area contributed by atoms with Crippen LogP contribution in [0.4, 0.5) is 5.69 Å². The minimum atomic E-state index is 0.131. The number of halogens is 1. The molecule has 0 N–H and O–H groups in total. The fourth-order valence-electron chi connectivity index (χ4n) is 6.06. The summed E-state index contributed by atoms with van der Waals surface area (Å²) in [7, 11) is 0. The number of rotatable bonds is 12. The van der Waals surface area contributed by atoms with Gasteiger partial charge >= 0.3 is 0 Å². The number of benzene rings is 2. The lowest BCUT2D eigenvalue weighted by Crippen LogP contribution is -2.52. The second-order valence-corrected chi connectivity index (χ2v) is 10.9. The van der Waals surface area contributed by atoms with Crippen molar-refractivity contribution >= 4 is 17.3 Å². The van der Waals surface area contributed by atoms with Crippen molar-refractivity contribution in [2.45, 2.75) is 104 Å². The number of anilines is 1. The molecule has 0 radical (unpaired) electrons. The predicted octanol–water partition coefficient (Wildman–Crippen LogP) is 8.91. The molecule has 1 fully saturated rings. The molecule has 1 aliphatic rings. The normalized spacial score (nSPS) is 20.6. The summed E-state index contributed by atoms with van der Waals surface area (Å²) in [6, 6.07) is 16.5. The van der Waals surface area contributed by atoms with Crippen LogP contribution in [-0.2, 0) is 5.54 Å². The molecule has 0 bridgehead atoms. The van der Waals surface area contributed by atoms with E-state index in [-0.39, 0.29) is 5.54 Å². The maximum Gasteiger partial charge on any atom is 0.0462 e. The highest BCUT2D eigenvalue weighted by Crippen LogP contribution is 2.45. The first-order valence-electron chi connectivity index (χ1n) is 13.8. The van der Waals surface area contributed by atoms with E-state index in [1.54, 1.807) is 0 Å². The van der Waals surface area contributed by atoms with E-state index in [2.05, 4.69) is 86.9 Å². The Labute approximate surface area is 214 Å². The summed E-state index contributed by atoms with van der Waals surface area (Å²) >= 11 is 6.32. The van der Waals surface area contributed by atoms with E-state index >= 15 is 0 Å². The molecule has 1 saturated carbocycles. The van der Waals surface area contributed by atoms with E-state index in [0.717, 1.165) is 11.6 Å². The highest BCUT2D eigenvalue weighted by Gasteiger charge is 2.42. The van der Waals surface area contributed by atoms with Crippen molar-refractivity contribution in [1.29, 1.82) is 0 Å². The summed E-state index contributed by atoms with van der Waals surface area (Å²) in [5.41, 5.74) is 5.75. The van der Waals surface area contributed by atoms with E-state index in [0.29, 0.717) is 6.04 Å². The van der Waals surface area contributed by atoms with Crippen molar-refractivity contribution in [3.63, 3.8) is 0 Å². The van der Waals surface area contributed by atoms with E-state index in [9.17, 15) is 0 Å². The average Bonchev–Trinajstić information content (AvgIpc) is 2.83. The topological polar surface area (TPSA) is 6.48 Å².